The largest absolute Gasteiger partial charge is 0.494 e. The van der Waals surface area contributed by atoms with Crippen molar-refractivity contribution in [2.45, 2.75) is 90.1 Å². The molecule has 0 aromatic heterocycles. The molecular formula is C21H32BNO4. The molecule has 1 amide bonds. The maximum Gasteiger partial charge on any atom is 0.494 e. The number of carbonyl (C=O) groups excluding carboxylic acids is 1. The van der Waals surface area contributed by atoms with Crippen LogP contribution in [0.5, 0.6) is 0 Å². The number of rotatable bonds is 3. The number of hydrogen-bond donors (Lipinski definition) is 1. The molecule has 3 rings (SSSR count). The van der Waals surface area contributed by atoms with Crippen LogP contribution in [0.2, 0.25) is 0 Å². The second-order valence-corrected chi connectivity index (χ2v) is 9.77. The van der Waals surface area contributed by atoms with Gasteiger partial charge in [0.25, 0.3) is 0 Å². The lowest BCUT2D eigenvalue weighted by Crippen LogP contribution is -2.45. The van der Waals surface area contributed by atoms with E-state index in [2.05, 4.69) is 57.3 Å². The number of carbonyl (C=O) groups is 1. The Kier molecular flexibility index (Phi) is 5.11. The summed E-state index contributed by atoms with van der Waals surface area (Å²) in [7, 11) is -0.327. The maximum atomic E-state index is 11.8. The Labute approximate surface area is 163 Å². The van der Waals surface area contributed by atoms with Crippen LogP contribution in [0.25, 0.3) is 0 Å². The smallest absolute Gasteiger partial charge is 0.444 e. The van der Waals surface area contributed by atoms with Crippen molar-refractivity contribution in [3.63, 3.8) is 0 Å². The molecule has 148 valence electrons. The highest BCUT2D eigenvalue weighted by Crippen LogP contribution is 2.38. The van der Waals surface area contributed by atoms with Gasteiger partial charge < -0.3 is 19.4 Å². The van der Waals surface area contributed by atoms with Crippen molar-refractivity contribution in [1.82, 2.24) is 5.32 Å². The van der Waals surface area contributed by atoms with Gasteiger partial charge in [0, 0.05) is 6.04 Å². The second-order valence-electron chi connectivity index (χ2n) is 9.77. The molecule has 1 aliphatic carbocycles. The van der Waals surface area contributed by atoms with Crippen molar-refractivity contribution in [3.8, 4) is 0 Å². The lowest BCUT2D eigenvalue weighted by molar-refractivity contribution is 0.00578. The van der Waals surface area contributed by atoms with E-state index in [1.54, 1.807) is 0 Å². The number of ether oxygens (including phenoxy) is 1. The summed E-state index contributed by atoms with van der Waals surface area (Å²) in [6, 6.07) is 8.66. The first-order valence-corrected chi connectivity index (χ1v) is 9.81. The van der Waals surface area contributed by atoms with Gasteiger partial charge in [0.15, 0.2) is 0 Å². The molecule has 2 aliphatic rings. The van der Waals surface area contributed by atoms with Gasteiger partial charge >= 0.3 is 13.2 Å². The second kappa shape index (κ2) is 6.82. The summed E-state index contributed by atoms with van der Waals surface area (Å²) < 4.78 is 17.5. The molecule has 1 aromatic carbocycles. The number of amides is 1. The minimum absolute atomic E-state index is 0.188. The zero-order valence-electron chi connectivity index (χ0n) is 17.6. The first-order chi connectivity index (χ1) is 12.4. The first-order valence-electron chi connectivity index (χ1n) is 9.81. The maximum absolute atomic E-state index is 11.8. The highest BCUT2D eigenvalue weighted by Gasteiger charge is 2.51. The molecule has 1 saturated carbocycles. The zero-order chi connectivity index (χ0) is 20.0. The Balaban J connectivity index is 1.52. The van der Waals surface area contributed by atoms with Crippen LogP contribution in [0, 0.1) is 0 Å². The van der Waals surface area contributed by atoms with E-state index in [1.807, 2.05) is 20.8 Å². The SMILES string of the molecule is CC(C)(C)OC(=O)NC1CC(c2ccc(B3OC(C)(C)C(C)(C)O3)cc2)C1. The normalized spacial score (nSPS) is 26.4. The summed E-state index contributed by atoms with van der Waals surface area (Å²) in [6.45, 7) is 13.9. The van der Waals surface area contributed by atoms with Crippen LogP contribution in [-0.2, 0) is 14.0 Å². The highest BCUT2D eigenvalue weighted by atomic mass is 16.7. The molecule has 2 fully saturated rings. The third-order valence-electron chi connectivity index (χ3n) is 5.79. The number of alkyl carbamates (subject to hydrolysis) is 1. The molecule has 1 aliphatic heterocycles. The Bertz CT molecular complexity index is 671. The molecular weight excluding hydrogens is 341 g/mol. The molecule has 1 saturated heterocycles. The average molecular weight is 373 g/mol. The van der Waals surface area contributed by atoms with Crippen molar-refractivity contribution in [3.05, 3.63) is 29.8 Å². The van der Waals surface area contributed by atoms with E-state index in [0.717, 1.165) is 18.3 Å². The van der Waals surface area contributed by atoms with Gasteiger partial charge in [-0.3, -0.25) is 0 Å². The summed E-state index contributed by atoms with van der Waals surface area (Å²) in [5.74, 6) is 0.470. The minimum atomic E-state index is -0.462. The zero-order valence-corrected chi connectivity index (χ0v) is 17.6. The van der Waals surface area contributed by atoms with Gasteiger partial charge in [0.05, 0.1) is 11.2 Å². The van der Waals surface area contributed by atoms with Gasteiger partial charge in [-0.25, -0.2) is 4.79 Å². The molecule has 0 spiro atoms. The molecule has 6 heteroatoms. The fourth-order valence-corrected chi connectivity index (χ4v) is 3.39. The Morgan fingerprint density at radius 1 is 1.07 bits per heavy atom. The van der Waals surface area contributed by atoms with E-state index in [-0.39, 0.29) is 30.5 Å². The monoisotopic (exact) mass is 373 g/mol. The van der Waals surface area contributed by atoms with Crippen LogP contribution in [0.15, 0.2) is 24.3 Å². The molecule has 0 bridgehead atoms. The summed E-state index contributed by atoms with van der Waals surface area (Å²) in [5.41, 5.74) is 1.21. The van der Waals surface area contributed by atoms with Crippen molar-refractivity contribution < 1.29 is 18.8 Å². The predicted molar refractivity (Wildman–Crippen MR) is 107 cm³/mol. The lowest BCUT2D eigenvalue weighted by Gasteiger charge is -2.36. The van der Waals surface area contributed by atoms with Gasteiger partial charge in [-0.2, -0.15) is 0 Å². The van der Waals surface area contributed by atoms with Crippen molar-refractivity contribution in [2.75, 3.05) is 0 Å². The Morgan fingerprint density at radius 3 is 2.07 bits per heavy atom. The Morgan fingerprint density at radius 2 is 1.59 bits per heavy atom. The number of hydrogen-bond acceptors (Lipinski definition) is 4. The summed E-state index contributed by atoms with van der Waals surface area (Å²) in [5, 5.41) is 2.95. The molecule has 0 radical (unpaired) electrons. The summed E-state index contributed by atoms with van der Waals surface area (Å²) >= 11 is 0. The van der Waals surface area contributed by atoms with Crippen molar-refractivity contribution in [1.29, 1.82) is 0 Å². The molecule has 0 unspecified atom stereocenters. The van der Waals surface area contributed by atoms with Crippen LogP contribution in [0.3, 0.4) is 0 Å². The van der Waals surface area contributed by atoms with Crippen LogP contribution in [0.1, 0.15) is 72.8 Å². The first kappa shape index (κ1) is 20.2. The van der Waals surface area contributed by atoms with Gasteiger partial charge in [-0.05, 0) is 78.3 Å². The van der Waals surface area contributed by atoms with Gasteiger partial charge in [0.2, 0.25) is 0 Å². The van der Waals surface area contributed by atoms with Gasteiger partial charge in [-0.15, -0.1) is 0 Å². The van der Waals surface area contributed by atoms with Crippen LogP contribution >= 0.6 is 0 Å². The Hall–Kier alpha value is -1.53. The minimum Gasteiger partial charge on any atom is -0.444 e. The van der Waals surface area contributed by atoms with E-state index in [0.29, 0.717) is 5.92 Å². The molecule has 5 nitrogen and oxygen atoms in total. The highest BCUT2D eigenvalue weighted by molar-refractivity contribution is 6.62. The topological polar surface area (TPSA) is 56.8 Å². The molecule has 1 heterocycles. The predicted octanol–water partition coefficient (Wildman–Crippen LogP) is 3.76. The fourth-order valence-electron chi connectivity index (χ4n) is 3.39. The van der Waals surface area contributed by atoms with E-state index < -0.39 is 5.60 Å². The van der Waals surface area contributed by atoms with Crippen LogP contribution in [-0.4, -0.2) is 36.1 Å². The average Bonchev–Trinajstić information content (AvgIpc) is 2.69. The summed E-state index contributed by atoms with van der Waals surface area (Å²) in [6.07, 6.45) is 1.55. The number of benzene rings is 1. The van der Waals surface area contributed by atoms with E-state index in [9.17, 15) is 4.79 Å². The lowest BCUT2D eigenvalue weighted by atomic mass is 9.73. The van der Waals surface area contributed by atoms with Crippen LogP contribution in [0.4, 0.5) is 4.79 Å². The quantitative estimate of drug-likeness (QED) is 0.820. The standard InChI is InChI=1S/C21H32BNO4/c1-19(2,3)25-18(24)23-17-12-15(13-17)14-8-10-16(11-9-14)22-26-20(4,5)21(6,7)27-22/h8-11,15,17H,12-13H2,1-7H3,(H,23,24). The van der Waals surface area contributed by atoms with Crippen molar-refractivity contribution in [2.24, 2.45) is 0 Å². The molecule has 0 atom stereocenters. The molecule has 1 aromatic rings. The molecule has 27 heavy (non-hydrogen) atoms. The van der Waals surface area contributed by atoms with Crippen molar-refractivity contribution >= 4 is 18.7 Å². The van der Waals surface area contributed by atoms with Gasteiger partial charge in [0.1, 0.15) is 5.60 Å². The van der Waals surface area contributed by atoms with E-state index in [4.69, 9.17) is 14.0 Å². The molecule has 1 N–H and O–H groups in total. The van der Waals surface area contributed by atoms with Gasteiger partial charge in [-0.1, -0.05) is 24.3 Å². The number of nitrogens with one attached hydrogen (secondary N) is 1. The fraction of sp³-hybridized carbons (Fsp3) is 0.667. The van der Waals surface area contributed by atoms with E-state index >= 15 is 0 Å². The third kappa shape index (κ3) is 4.49. The van der Waals surface area contributed by atoms with E-state index in [1.165, 1.54) is 5.56 Å². The third-order valence-corrected chi connectivity index (χ3v) is 5.79. The summed E-state index contributed by atoms with van der Waals surface area (Å²) in [4.78, 5) is 11.8. The van der Waals surface area contributed by atoms with Crippen LogP contribution < -0.4 is 10.8 Å².